The molecule has 2 N–H and O–H groups in total. The lowest BCUT2D eigenvalue weighted by molar-refractivity contribution is 0.528. The second kappa shape index (κ2) is 4.98. The van der Waals surface area contributed by atoms with Gasteiger partial charge in [-0.25, -0.2) is 4.68 Å². The van der Waals surface area contributed by atoms with Crippen LogP contribution in [0.1, 0.15) is 38.8 Å². The number of nitrogen functional groups attached to an aromatic ring is 1. The summed E-state index contributed by atoms with van der Waals surface area (Å²) in [5, 5.41) is 4.49. The Morgan fingerprint density at radius 2 is 2.18 bits per heavy atom. The lowest BCUT2D eigenvalue weighted by atomic mass is 10.0. The average molecular weight is 236 g/mol. The fourth-order valence-electron chi connectivity index (χ4n) is 2.81. The van der Waals surface area contributed by atoms with Crippen LogP contribution in [0.25, 0.3) is 0 Å². The third kappa shape index (κ3) is 2.26. The summed E-state index contributed by atoms with van der Waals surface area (Å²) in [6, 6.07) is 0. The maximum atomic E-state index is 6.15. The van der Waals surface area contributed by atoms with E-state index in [1.165, 1.54) is 19.3 Å². The van der Waals surface area contributed by atoms with E-state index in [9.17, 15) is 0 Å². The van der Waals surface area contributed by atoms with Crippen LogP contribution in [0.4, 0.5) is 11.5 Å². The van der Waals surface area contributed by atoms with Crippen molar-refractivity contribution in [1.29, 1.82) is 0 Å². The van der Waals surface area contributed by atoms with Gasteiger partial charge in [-0.3, -0.25) is 0 Å². The number of hydrogen-bond acceptors (Lipinski definition) is 3. The topological polar surface area (TPSA) is 47.1 Å². The highest BCUT2D eigenvalue weighted by Gasteiger charge is 2.26. The van der Waals surface area contributed by atoms with E-state index in [2.05, 4.69) is 23.8 Å². The molecule has 96 valence electrons. The van der Waals surface area contributed by atoms with Crippen molar-refractivity contribution in [3.63, 3.8) is 0 Å². The van der Waals surface area contributed by atoms with Crippen molar-refractivity contribution >= 4 is 11.5 Å². The molecule has 0 spiro atoms. The molecule has 1 aromatic rings. The largest absolute Gasteiger partial charge is 0.394 e. The van der Waals surface area contributed by atoms with Crippen molar-refractivity contribution in [3.05, 3.63) is 5.69 Å². The summed E-state index contributed by atoms with van der Waals surface area (Å²) in [6.07, 6.45) is 3.90. The molecule has 0 aromatic carbocycles. The van der Waals surface area contributed by atoms with Crippen LogP contribution in [0.15, 0.2) is 0 Å². The van der Waals surface area contributed by atoms with Crippen LogP contribution in [-0.2, 0) is 6.54 Å². The Labute approximate surface area is 104 Å². The summed E-state index contributed by atoms with van der Waals surface area (Å²) in [6.45, 7) is 9.53. The smallest absolute Gasteiger partial charge is 0.150 e. The minimum absolute atomic E-state index is 0.833. The molecule has 2 heterocycles. The summed E-state index contributed by atoms with van der Waals surface area (Å²) in [5.41, 5.74) is 7.98. The van der Waals surface area contributed by atoms with E-state index in [1.54, 1.807) is 0 Å². The molecule has 1 aliphatic rings. The van der Waals surface area contributed by atoms with Crippen LogP contribution < -0.4 is 10.6 Å². The van der Waals surface area contributed by atoms with Crippen LogP contribution in [0.3, 0.4) is 0 Å². The second-order valence-electron chi connectivity index (χ2n) is 5.03. The number of rotatable bonds is 4. The number of nitrogens with two attached hydrogens (primary N) is 1. The number of nitrogens with zero attached hydrogens (tertiary/aromatic N) is 3. The van der Waals surface area contributed by atoms with Gasteiger partial charge in [-0.2, -0.15) is 5.10 Å². The van der Waals surface area contributed by atoms with Crippen LogP contribution >= 0.6 is 0 Å². The number of aryl methyl sites for hydroxylation is 2. The molecule has 1 saturated heterocycles. The van der Waals surface area contributed by atoms with Crippen molar-refractivity contribution in [2.24, 2.45) is 5.92 Å². The Morgan fingerprint density at radius 1 is 1.41 bits per heavy atom. The highest BCUT2D eigenvalue weighted by Crippen LogP contribution is 2.32. The van der Waals surface area contributed by atoms with E-state index < -0.39 is 0 Å². The molecule has 1 fully saturated rings. The van der Waals surface area contributed by atoms with Gasteiger partial charge in [0.15, 0.2) is 5.82 Å². The zero-order chi connectivity index (χ0) is 12.4. The molecule has 0 aliphatic carbocycles. The Kier molecular flexibility index (Phi) is 3.60. The average Bonchev–Trinajstić information content (AvgIpc) is 2.86. The lowest BCUT2D eigenvalue weighted by Crippen LogP contribution is -2.23. The summed E-state index contributed by atoms with van der Waals surface area (Å²) >= 11 is 0. The first-order chi connectivity index (χ1) is 8.17. The normalized spacial score (nSPS) is 20.2. The Hall–Kier alpha value is -1.19. The molecule has 0 bridgehead atoms. The van der Waals surface area contributed by atoms with E-state index in [4.69, 9.17) is 5.73 Å². The molecule has 0 amide bonds. The highest BCUT2D eigenvalue weighted by molar-refractivity contribution is 5.66. The fourth-order valence-corrected chi connectivity index (χ4v) is 2.81. The van der Waals surface area contributed by atoms with Gasteiger partial charge in [0, 0.05) is 19.6 Å². The minimum Gasteiger partial charge on any atom is -0.394 e. The summed E-state index contributed by atoms with van der Waals surface area (Å²) in [7, 11) is 0. The van der Waals surface area contributed by atoms with Crippen LogP contribution in [0, 0.1) is 12.8 Å². The number of hydrogen-bond donors (Lipinski definition) is 1. The predicted molar refractivity (Wildman–Crippen MR) is 72.3 cm³/mol. The summed E-state index contributed by atoms with van der Waals surface area (Å²) in [5.74, 6) is 1.98. The van der Waals surface area contributed by atoms with Gasteiger partial charge in [0.2, 0.25) is 0 Å². The quantitative estimate of drug-likeness (QED) is 0.873. The van der Waals surface area contributed by atoms with Crippen molar-refractivity contribution in [3.8, 4) is 0 Å². The van der Waals surface area contributed by atoms with Gasteiger partial charge in [-0.05, 0) is 32.6 Å². The molecule has 2 rings (SSSR count). The summed E-state index contributed by atoms with van der Waals surface area (Å²) in [4.78, 5) is 2.42. The maximum absolute atomic E-state index is 6.15. The lowest BCUT2D eigenvalue weighted by Gasteiger charge is -2.20. The molecule has 17 heavy (non-hydrogen) atoms. The van der Waals surface area contributed by atoms with E-state index in [1.807, 2.05) is 11.6 Å². The first kappa shape index (κ1) is 12.3. The van der Waals surface area contributed by atoms with E-state index in [-0.39, 0.29) is 0 Å². The summed E-state index contributed by atoms with van der Waals surface area (Å²) < 4.78 is 2.04. The van der Waals surface area contributed by atoms with Gasteiger partial charge in [-0.1, -0.05) is 13.3 Å². The van der Waals surface area contributed by atoms with E-state index >= 15 is 0 Å². The van der Waals surface area contributed by atoms with Crippen LogP contribution in [0.5, 0.6) is 0 Å². The maximum Gasteiger partial charge on any atom is 0.150 e. The van der Waals surface area contributed by atoms with Gasteiger partial charge < -0.3 is 10.6 Å². The second-order valence-corrected chi connectivity index (χ2v) is 5.03. The first-order valence-corrected chi connectivity index (χ1v) is 6.75. The number of aromatic nitrogens is 2. The third-order valence-electron chi connectivity index (χ3n) is 3.73. The first-order valence-electron chi connectivity index (χ1n) is 6.75. The molecular weight excluding hydrogens is 212 g/mol. The van der Waals surface area contributed by atoms with Crippen molar-refractivity contribution in [2.75, 3.05) is 23.7 Å². The minimum atomic E-state index is 0.833. The number of anilines is 2. The van der Waals surface area contributed by atoms with Crippen molar-refractivity contribution in [2.45, 2.75) is 46.6 Å². The molecule has 4 heteroatoms. The predicted octanol–water partition coefficient (Wildman–Crippen LogP) is 2.42. The fraction of sp³-hybridized carbons (Fsp3) is 0.769. The molecule has 0 radical (unpaired) electrons. The zero-order valence-corrected chi connectivity index (χ0v) is 11.2. The Bertz CT molecular complexity index is 383. The Balaban J connectivity index is 2.18. The Morgan fingerprint density at radius 3 is 2.82 bits per heavy atom. The monoisotopic (exact) mass is 236 g/mol. The molecule has 4 nitrogen and oxygen atoms in total. The standard InChI is InChI=1S/C13H24N4/c1-4-6-11-7-8-16(9-11)13-12(14)10(3)15-17(13)5-2/h11H,4-9,14H2,1-3H3. The third-order valence-corrected chi connectivity index (χ3v) is 3.73. The van der Waals surface area contributed by atoms with Crippen LogP contribution in [-0.4, -0.2) is 22.9 Å². The van der Waals surface area contributed by atoms with Crippen LogP contribution in [0.2, 0.25) is 0 Å². The van der Waals surface area contributed by atoms with E-state index in [0.29, 0.717) is 0 Å². The molecular formula is C13H24N4. The zero-order valence-electron chi connectivity index (χ0n) is 11.2. The van der Waals surface area contributed by atoms with Gasteiger partial charge in [0.25, 0.3) is 0 Å². The van der Waals surface area contributed by atoms with Gasteiger partial charge in [0.05, 0.1) is 11.4 Å². The molecule has 1 aliphatic heterocycles. The molecule has 1 unspecified atom stereocenters. The van der Waals surface area contributed by atoms with Gasteiger partial charge in [0.1, 0.15) is 0 Å². The highest BCUT2D eigenvalue weighted by atomic mass is 15.4. The molecule has 1 aromatic heterocycles. The van der Waals surface area contributed by atoms with Crippen molar-refractivity contribution < 1.29 is 0 Å². The molecule has 1 atom stereocenters. The van der Waals surface area contributed by atoms with Gasteiger partial charge in [-0.15, -0.1) is 0 Å². The van der Waals surface area contributed by atoms with Gasteiger partial charge >= 0.3 is 0 Å². The SMILES string of the molecule is CCCC1CCN(c2c(N)c(C)nn2CC)C1. The van der Waals surface area contributed by atoms with Crippen molar-refractivity contribution in [1.82, 2.24) is 9.78 Å². The van der Waals surface area contributed by atoms with E-state index in [0.717, 1.165) is 42.8 Å². The molecule has 0 saturated carbocycles.